The van der Waals surface area contributed by atoms with Gasteiger partial charge in [0.2, 0.25) is 5.91 Å². The first-order valence-electron chi connectivity index (χ1n) is 7.55. The van der Waals surface area contributed by atoms with Crippen molar-refractivity contribution in [2.45, 2.75) is 52.7 Å². The smallest absolute Gasteiger partial charge is 0.249 e. The van der Waals surface area contributed by atoms with Gasteiger partial charge in [-0.05, 0) is 50.3 Å². The Hall–Kier alpha value is -0.870. The number of carbonyl (C=O) groups is 1. The maximum absolute atomic E-state index is 12.0. The third-order valence-corrected chi connectivity index (χ3v) is 3.80. The van der Waals surface area contributed by atoms with Gasteiger partial charge in [0.15, 0.2) is 0 Å². The molecule has 1 aromatic rings. The number of amides is 1. The van der Waals surface area contributed by atoms with Crippen LogP contribution in [0.25, 0.3) is 0 Å². The Bertz CT molecular complexity index is 431. The Morgan fingerprint density at radius 1 is 1.19 bits per heavy atom. The summed E-state index contributed by atoms with van der Waals surface area (Å²) < 4.78 is 6.63. The number of hydrogen-bond acceptors (Lipinski definition) is 2. The highest BCUT2D eigenvalue weighted by Gasteiger charge is 2.16. The average Bonchev–Trinajstić information content (AvgIpc) is 2.40. The van der Waals surface area contributed by atoms with E-state index in [0.717, 1.165) is 17.3 Å². The fraction of sp³-hybridized carbons (Fsp3) is 0.588. The van der Waals surface area contributed by atoms with E-state index >= 15 is 0 Å². The van der Waals surface area contributed by atoms with Crippen molar-refractivity contribution < 1.29 is 9.53 Å². The number of hydrogen-bond donors (Lipinski definition) is 1. The maximum atomic E-state index is 12.0. The Morgan fingerprint density at radius 3 is 2.38 bits per heavy atom. The molecule has 0 spiro atoms. The van der Waals surface area contributed by atoms with Crippen LogP contribution in [0.4, 0.5) is 0 Å². The van der Waals surface area contributed by atoms with Crippen LogP contribution in [0.15, 0.2) is 28.7 Å². The van der Waals surface area contributed by atoms with Gasteiger partial charge in [-0.25, -0.2) is 0 Å². The van der Waals surface area contributed by atoms with Crippen molar-refractivity contribution in [2.75, 3.05) is 6.61 Å². The molecule has 0 aliphatic rings. The van der Waals surface area contributed by atoms with E-state index in [1.165, 1.54) is 5.56 Å². The highest BCUT2D eigenvalue weighted by atomic mass is 79.9. The largest absolute Gasteiger partial charge is 0.369 e. The summed E-state index contributed by atoms with van der Waals surface area (Å²) in [5, 5.41) is 3.01. The van der Waals surface area contributed by atoms with Gasteiger partial charge >= 0.3 is 0 Å². The van der Waals surface area contributed by atoms with Gasteiger partial charge in [-0.1, -0.05) is 41.9 Å². The second-order valence-electron chi connectivity index (χ2n) is 5.94. The first kappa shape index (κ1) is 18.2. The van der Waals surface area contributed by atoms with E-state index in [4.69, 9.17) is 4.74 Å². The molecule has 1 amide bonds. The van der Waals surface area contributed by atoms with Gasteiger partial charge in [0.05, 0.1) is 0 Å². The normalized spacial score (nSPS) is 14.0. The van der Waals surface area contributed by atoms with Crippen LogP contribution in [0, 0.1) is 5.92 Å². The number of rotatable bonds is 8. The lowest BCUT2D eigenvalue weighted by molar-refractivity contribution is -0.132. The van der Waals surface area contributed by atoms with Crippen LogP contribution >= 0.6 is 15.9 Å². The average molecular weight is 356 g/mol. The molecule has 21 heavy (non-hydrogen) atoms. The Balaban J connectivity index is 2.34. The summed E-state index contributed by atoms with van der Waals surface area (Å²) in [5.74, 6) is 0.556. The number of benzene rings is 1. The summed E-state index contributed by atoms with van der Waals surface area (Å²) >= 11 is 3.42. The van der Waals surface area contributed by atoms with Crippen molar-refractivity contribution in [3.05, 3.63) is 34.3 Å². The van der Waals surface area contributed by atoms with Crippen LogP contribution in [0.1, 0.15) is 39.7 Å². The van der Waals surface area contributed by atoms with Crippen LogP contribution in [-0.2, 0) is 16.0 Å². The van der Waals surface area contributed by atoms with Crippen LogP contribution in [0.2, 0.25) is 0 Å². The second-order valence-corrected chi connectivity index (χ2v) is 6.85. The van der Waals surface area contributed by atoms with Crippen LogP contribution < -0.4 is 5.32 Å². The Labute approximate surface area is 136 Å². The minimum absolute atomic E-state index is 0.0385. The zero-order valence-electron chi connectivity index (χ0n) is 13.4. The second kappa shape index (κ2) is 9.21. The van der Waals surface area contributed by atoms with E-state index in [1.807, 2.05) is 26.0 Å². The Morgan fingerprint density at radius 2 is 1.81 bits per heavy atom. The summed E-state index contributed by atoms with van der Waals surface area (Å²) in [7, 11) is 0. The van der Waals surface area contributed by atoms with E-state index < -0.39 is 6.10 Å². The van der Waals surface area contributed by atoms with Gasteiger partial charge in [0.1, 0.15) is 6.10 Å². The van der Waals surface area contributed by atoms with E-state index in [1.54, 1.807) is 0 Å². The third kappa shape index (κ3) is 7.63. The molecular weight excluding hydrogens is 330 g/mol. The zero-order chi connectivity index (χ0) is 15.8. The van der Waals surface area contributed by atoms with E-state index in [-0.39, 0.29) is 11.9 Å². The highest BCUT2D eigenvalue weighted by Crippen LogP contribution is 2.12. The predicted octanol–water partition coefficient (Wildman–Crippen LogP) is 3.95. The molecule has 0 aromatic heterocycles. The minimum Gasteiger partial charge on any atom is -0.369 e. The monoisotopic (exact) mass is 355 g/mol. The summed E-state index contributed by atoms with van der Waals surface area (Å²) in [6, 6.07) is 8.25. The van der Waals surface area contributed by atoms with Crippen molar-refractivity contribution in [1.82, 2.24) is 5.32 Å². The Kier molecular flexibility index (Phi) is 7.97. The van der Waals surface area contributed by atoms with Gasteiger partial charge in [-0.2, -0.15) is 0 Å². The number of carbonyl (C=O) groups excluding carboxylic acids is 1. The van der Waals surface area contributed by atoms with Crippen molar-refractivity contribution in [3.8, 4) is 0 Å². The van der Waals surface area contributed by atoms with E-state index in [2.05, 4.69) is 47.2 Å². The first-order valence-corrected chi connectivity index (χ1v) is 8.34. The molecule has 0 aliphatic carbocycles. The zero-order valence-corrected chi connectivity index (χ0v) is 14.9. The molecule has 0 bridgehead atoms. The molecule has 4 heteroatoms. The molecular formula is C17H26BrNO2. The van der Waals surface area contributed by atoms with Gasteiger partial charge in [-0.3, -0.25) is 4.79 Å². The summed E-state index contributed by atoms with van der Waals surface area (Å²) in [6.07, 6.45) is 1.40. The van der Waals surface area contributed by atoms with Crippen molar-refractivity contribution in [1.29, 1.82) is 0 Å². The quantitative estimate of drug-likeness (QED) is 0.766. The molecule has 0 heterocycles. The molecule has 2 atom stereocenters. The molecule has 0 saturated heterocycles. The third-order valence-electron chi connectivity index (χ3n) is 3.28. The number of ether oxygens (including phenoxy) is 1. The summed E-state index contributed by atoms with van der Waals surface area (Å²) in [4.78, 5) is 12.0. The lowest BCUT2D eigenvalue weighted by Gasteiger charge is -2.18. The fourth-order valence-corrected chi connectivity index (χ4v) is 2.21. The molecule has 3 nitrogen and oxygen atoms in total. The topological polar surface area (TPSA) is 38.3 Å². The minimum atomic E-state index is -0.392. The maximum Gasteiger partial charge on any atom is 0.249 e. The van der Waals surface area contributed by atoms with Crippen LogP contribution in [0.5, 0.6) is 0 Å². The molecule has 1 N–H and O–H groups in total. The van der Waals surface area contributed by atoms with Crippen molar-refractivity contribution in [3.63, 3.8) is 0 Å². The predicted molar refractivity (Wildman–Crippen MR) is 90.3 cm³/mol. The first-order chi connectivity index (χ1) is 9.88. The van der Waals surface area contributed by atoms with Gasteiger partial charge in [0, 0.05) is 17.1 Å². The summed E-state index contributed by atoms with van der Waals surface area (Å²) in [5.41, 5.74) is 1.21. The molecule has 0 saturated carbocycles. The molecule has 0 aliphatic heterocycles. The standard InChI is InChI=1S/C17H26BrNO2/c1-12(2)9-10-21-14(4)17(20)19-13(3)11-15-5-7-16(18)8-6-15/h5-8,12-14H,9-11H2,1-4H3,(H,19,20). The SMILES string of the molecule is CC(C)CCOC(C)C(=O)NC(C)Cc1ccc(Br)cc1. The molecule has 0 fully saturated rings. The molecule has 118 valence electrons. The van der Waals surface area contributed by atoms with Crippen LogP contribution in [0.3, 0.4) is 0 Å². The van der Waals surface area contributed by atoms with Crippen LogP contribution in [-0.4, -0.2) is 24.7 Å². The molecule has 2 unspecified atom stereocenters. The fourth-order valence-electron chi connectivity index (χ4n) is 1.94. The lowest BCUT2D eigenvalue weighted by Crippen LogP contribution is -2.41. The van der Waals surface area contributed by atoms with Gasteiger partial charge in [0.25, 0.3) is 0 Å². The van der Waals surface area contributed by atoms with Gasteiger partial charge < -0.3 is 10.1 Å². The molecule has 1 aromatic carbocycles. The van der Waals surface area contributed by atoms with Crippen molar-refractivity contribution >= 4 is 21.8 Å². The molecule has 1 rings (SSSR count). The number of halogens is 1. The number of nitrogens with one attached hydrogen (secondary N) is 1. The van der Waals surface area contributed by atoms with Gasteiger partial charge in [-0.15, -0.1) is 0 Å². The lowest BCUT2D eigenvalue weighted by atomic mass is 10.1. The highest BCUT2D eigenvalue weighted by molar-refractivity contribution is 9.10. The van der Waals surface area contributed by atoms with E-state index in [0.29, 0.717) is 12.5 Å². The summed E-state index contributed by atoms with van der Waals surface area (Å²) in [6.45, 7) is 8.75. The van der Waals surface area contributed by atoms with E-state index in [9.17, 15) is 4.79 Å². The van der Waals surface area contributed by atoms with Crippen molar-refractivity contribution in [2.24, 2.45) is 5.92 Å². The molecule has 0 radical (unpaired) electrons.